The molecule has 32 valence electrons. The minimum absolute atomic E-state index is 0. The molecule has 0 unspecified atom stereocenters. The first-order valence-corrected chi connectivity index (χ1v) is 0. The molecule has 0 spiro atoms. The molecule has 4 radical (unpaired) electrons. The van der Waals surface area contributed by atoms with Crippen molar-refractivity contribution in [3.05, 3.63) is 0 Å². The molecule has 0 aromatic heterocycles. The topological polar surface area (TPSA) is 0 Å². The van der Waals surface area contributed by atoms with E-state index in [0.717, 1.165) is 0 Å². The maximum absolute atomic E-state index is 0. The molecule has 0 atom stereocenters. The molecule has 0 saturated heterocycles. The molecule has 4 heteroatoms. The Bertz CT molecular complexity index is 8.00. The normalized spacial score (nSPS) is 0. The van der Waals surface area contributed by atoms with E-state index in [9.17, 15) is 0 Å². The van der Waals surface area contributed by atoms with E-state index in [1.165, 1.54) is 0 Å². The largest absolute Gasteiger partial charge is 0 e. The van der Waals surface area contributed by atoms with Gasteiger partial charge in [0.1, 0.15) is 0 Å². The van der Waals surface area contributed by atoms with Crippen molar-refractivity contribution in [1.82, 2.24) is 0 Å². The molecule has 0 N–H and O–H groups in total. The third-order valence-corrected chi connectivity index (χ3v) is 0. The number of rotatable bonds is 0. The third-order valence-electron chi connectivity index (χ3n) is 0. The van der Waals surface area contributed by atoms with Crippen molar-refractivity contribution < 1.29 is 61.6 Å². The van der Waals surface area contributed by atoms with Crippen molar-refractivity contribution >= 4 is 17.1 Å². The second kappa shape index (κ2) is 17.8. The summed E-state index contributed by atoms with van der Waals surface area (Å²) in [6, 6.07) is 0. The van der Waals surface area contributed by atoms with Crippen molar-refractivity contribution in [3.63, 3.8) is 0 Å². The van der Waals surface area contributed by atoms with E-state index in [-0.39, 0.29) is 78.7 Å². The van der Waals surface area contributed by atoms with Gasteiger partial charge < -0.3 is 0 Å². The van der Waals surface area contributed by atoms with E-state index in [2.05, 4.69) is 0 Å². The van der Waals surface area contributed by atoms with Crippen LogP contribution in [0.15, 0.2) is 0 Å². The average molecular weight is 652 g/mol. The van der Waals surface area contributed by atoms with Crippen LogP contribution >= 0.6 is 0 Å². The molecule has 0 amide bonds. The molecule has 0 bridgehead atoms. The van der Waals surface area contributed by atoms with Gasteiger partial charge >= 0.3 is 0 Å². The molecule has 0 saturated carbocycles. The first-order valence-electron chi connectivity index (χ1n) is 0. The zero-order valence-corrected chi connectivity index (χ0v) is 10.5. The summed E-state index contributed by atoms with van der Waals surface area (Å²) in [6.07, 6.45) is 0. The van der Waals surface area contributed by atoms with Gasteiger partial charge in [-0.1, -0.05) is 0 Å². The van der Waals surface area contributed by atoms with Gasteiger partial charge in [-0.25, -0.2) is 0 Å². The SMILES string of the molecule is [Ir].[Pt].[Re].[Se]. The van der Waals surface area contributed by atoms with Crippen molar-refractivity contribution in [2.24, 2.45) is 0 Å². The Balaban J connectivity index is 0. The quantitative estimate of drug-likeness (QED) is 0.314. The number of hydrogen-bond donors (Lipinski definition) is 0. The summed E-state index contributed by atoms with van der Waals surface area (Å²) in [5, 5.41) is 0. The fourth-order valence-electron chi connectivity index (χ4n) is 0. The summed E-state index contributed by atoms with van der Waals surface area (Å²) in [7, 11) is 0. The van der Waals surface area contributed by atoms with Crippen LogP contribution in [0.3, 0.4) is 0 Å². The molecular formula is IrPtReSe. The van der Waals surface area contributed by atoms with Crippen LogP contribution in [-0.4, -0.2) is 17.1 Å². The summed E-state index contributed by atoms with van der Waals surface area (Å²) >= 11 is 0. The Hall–Kier alpha value is 2.52. The Kier molecular flexibility index (Phi) is 139. The third kappa shape index (κ3) is 8.82. The maximum Gasteiger partial charge on any atom is 0 e. The van der Waals surface area contributed by atoms with Gasteiger partial charge in [0, 0.05) is 78.7 Å². The van der Waals surface area contributed by atoms with E-state index in [4.69, 9.17) is 0 Å². The van der Waals surface area contributed by atoms with Crippen LogP contribution in [0.1, 0.15) is 0 Å². The van der Waals surface area contributed by atoms with Gasteiger partial charge in [-0.2, -0.15) is 0 Å². The molecule has 0 aromatic rings. The zero-order chi connectivity index (χ0) is 0. The van der Waals surface area contributed by atoms with E-state index in [1.807, 2.05) is 0 Å². The van der Waals surface area contributed by atoms with Gasteiger partial charge in [0.25, 0.3) is 0 Å². The van der Waals surface area contributed by atoms with E-state index >= 15 is 0 Å². The minimum Gasteiger partial charge on any atom is 0 e. The van der Waals surface area contributed by atoms with Gasteiger partial charge in [-0.15, -0.1) is 0 Å². The van der Waals surface area contributed by atoms with E-state index in [1.54, 1.807) is 0 Å². The van der Waals surface area contributed by atoms with Crippen LogP contribution in [0.25, 0.3) is 0 Å². The summed E-state index contributed by atoms with van der Waals surface area (Å²) in [4.78, 5) is 0. The molecule has 0 aliphatic carbocycles. The fraction of sp³-hybridized carbons (Fsp3) is 0. The zero-order valence-electron chi connectivity index (χ0n) is 1.44. The summed E-state index contributed by atoms with van der Waals surface area (Å²) in [5.41, 5.74) is 0. The molecule has 0 rings (SSSR count). The average Bonchev–Trinajstić information content (AvgIpc) is 0. The number of hydrogen-bond acceptors (Lipinski definition) is 0. The smallest absolute Gasteiger partial charge is 0 e. The molecular weight excluding hydrogens is 652 g/mol. The van der Waals surface area contributed by atoms with Gasteiger partial charge in [0.05, 0.1) is 0 Å². The molecule has 4 heavy (non-hydrogen) atoms. The summed E-state index contributed by atoms with van der Waals surface area (Å²) in [5.74, 6) is 0. The van der Waals surface area contributed by atoms with Gasteiger partial charge in [0.2, 0.25) is 0 Å². The second-order valence-electron chi connectivity index (χ2n) is 0. The molecule has 0 nitrogen and oxygen atoms in total. The Labute approximate surface area is 77.6 Å². The van der Waals surface area contributed by atoms with Crippen molar-refractivity contribution in [2.75, 3.05) is 0 Å². The minimum atomic E-state index is 0. The van der Waals surface area contributed by atoms with Crippen molar-refractivity contribution in [3.8, 4) is 0 Å². The standard InChI is InChI=1S/Ir.Pt.Re.Se. The first kappa shape index (κ1) is 31.3. The predicted octanol–water partition coefficient (Wildman–Crippen LogP) is -0.388. The molecule has 0 aliphatic rings. The van der Waals surface area contributed by atoms with E-state index < -0.39 is 0 Å². The van der Waals surface area contributed by atoms with Gasteiger partial charge in [0.15, 0.2) is 0 Å². The molecule has 0 fully saturated rings. The first-order chi connectivity index (χ1) is 0. The maximum atomic E-state index is 0. The van der Waals surface area contributed by atoms with E-state index in [0.29, 0.717) is 0 Å². The molecule has 0 aromatic carbocycles. The van der Waals surface area contributed by atoms with Crippen molar-refractivity contribution in [2.45, 2.75) is 0 Å². The van der Waals surface area contributed by atoms with Crippen LogP contribution in [0, 0.1) is 0 Å². The Morgan fingerprint density at radius 3 is 1.00 bits per heavy atom. The predicted molar refractivity (Wildman–Crippen MR) is 5.75 cm³/mol. The second-order valence-corrected chi connectivity index (χ2v) is 0. The van der Waals surface area contributed by atoms with Crippen LogP contribution in [0.4, 0.5) is 0 Å². The van der Waals surface area contributed by atoms with Gasteiger partial charge in [-0.3, -0.25) is 0 Å². The van der Waals surface area contributed by atoms with Crippen LogP contribution in [0.5, 0.6) is 0 Å². The fourth-order valence-corrected chi connectivity index (χ4v) is 0. The molecule has 0 heterocycles. The monoisotopic (exact) mass is 655 g/mol. The van der Waals surface area contributed by atoms with Gasteiger partial charge in [-0.05, 0) is 0 Å². The summed E-state index contributed by atoms with van der Waals surface area (Å²) < 4.78 is 0. The van der Waals surface area contributed by atoms with Crippen molar-refractivity contribution in [1.29, 1.82) is 0 Å². The Morgan fingerprint density at radius 2 is 1.00 bits per heavy atom. The van der Waals surface area contributed by atoms with Crippen LogP contribution in [-0.2, 0) is 61.6 Å². The van der Waals surface area contributed by atoms with Crippen LogP contribution < -0.4 is 0 Å². The Morgan fingerprint density at radius 1 is 1.00 bits per heavy atom. The molecule has 0 aliphatic heterocycles. The summed E-state index contributed by atoms with van der Waals surface area (Å²) in [6.45, 7) is 0. The van der Waals surface area contributed by atoms with Crippen LogP contribution in [0.2, 0.25) is 0 Å².